The minimum absolute atomic E-state index is 0. The van der Waals surface area contributed by atoms with Crippen LogP contribution in [0.2, 0.25) is 0 Å². The topological polar surface area (TPSA) is 68.8 Å². The van der Waals surface area contributed by atoms with Gasteiger partial charge in [-0.15, -0.1) is 24.0 Å². The van der Waals surface area contributed by atoms with Gasteiger partial charge < -0.3 is 20.9 Å². The van der Waals surface area contributed by atoms with Gasteiger partial charge in [0.1, 0.15) is 11.6 Å². The van der Waals surface area contributed by atoms with Crippen LogP contribution in [0.1, 0.15) is 32.1 Å². The Balaban J connectivity index is 0.00000280. The monoisotopic (exact) mass is 507 g/mol. The lowest BCUT2D eigenvalue weighted by molar-refractivity contribution is -0.121. The van der Waals surface area contributed by atoms with E-state index < -0.39 is 11.6 Å². The Morgan fingerprint density at radius 1 is 1.21 bits per heavy atom. The van der Waals surface area contributed by atoms with Crippen LogP contribution < -0.4 is 20.9 Å². The van der Waals surface area contributed by atoms with E-state index in [4.69, 9.17) is 0 Å². The fourth-order valence-corrected chi connectivity index (χ4v) is 3.21. The highest BCUT2D eigenvalue weighted by Crippen LogP contribution is 2.24. The number of guanidine groups is 1. The Hall–Kier alpha value is -1.65. The van der Waals surface area contributed by atoms with Crippen molar-refractivity contribution in [3.8, 4) is 0 Å². The van der Waals surface area contributed by atoms with E-state index in [1.165, 1.54) is 12.1 Å². The molecule has 0 aromatic heterocycles. The second-order valence-electron chi connectivity index (χ2n) is 7.12. The van der Waals surface area contributed by atoms with Crippen LogP contribution in [0.5, 0.6) is 0 Å². The van der Waals surface area contributed by atoms with E-state index in [1.54, 1.807) is 7.05 Å². The van der Waals surface area contributed by atoms with Crippen molar-refractivity contribution >= 4 is 41.5 Å². The fraction of sp³-hybridized carbons (Fsp3) is 0.579. The summed E-state index contributed by atoms with van der Waals surface area (Å²) in [6, 6.07) is 4.19. The Bertz CT molecular complexity index is 699. The number of carbonyl (C=O) groups is 1. The third kappa shape index (κ3) is 6.75. The SMILES string of the molecule is CN=C(NCCCC(=O)NC1CC1)NC1CCN(c2ccc(F)cc2F)C1.I. The van der Waals surface area contributed by atoms with Gasteiger partial charge in [0, 0.05) is 51.3 Å². The zero-order chi connectivity index (χ0) is 19.2. The molecule has 1 aliphatic carbocycles. The molecule has 0 radical (unpaired) electrons. The highest BCUT2D eigenvalue weighted by molar-refractivity contribution is 14.0. The summed E-state index contributed by atoms with van der Waals surface area (Å²) in [6.45, 7) is 1.96. The third-order valence-electron chi connectivity index (χ3n) is 4.82. The molecule has 1 unspecified atom stereocenters. The van der Waals surface area contributed by atoms with Crippen LogP contribution in [0.4, 0.5) is 14.5 Å². The van der Waals surface area contributed by atoms with Gasteiger partial charge in [-0.2, -0.15) is 0 Å². The maximum Gasteiger partial charge on any atom is 0.220 e. The summed E-state index contributed by atoms with van der Waals surface area (Å²) in [7, 11) is 1.70. The first kappa shape index (κ1) is 22.6. The van der Waals surface area contributed by atoms with Crippen molar-refractivity contribution in [2.45, 2.75) is 44.2 Å². The maximum absolute atomic E-state index is 13.9. The van der Waals surface area contributed by atoms with Gasteiger partial charge in [-0.1, -0.05) is 0 Å². The van der Waals surface area contributed by atoms with E-state index in [-0.39, 0.29) is 35.9 Å². The fourth-order valence-electron chi connectivity index (χ4n) is 3.21. The van der Waals surface area contributed by atoms with Crippen LogP contribution in [-0.2, 0) is 4.79 Å². The maximum atomic E-state index is 13.9. The first-order valence-corrected chi connectivity index (χ1v) is 9.51. The van der Waals surface area contributed by atoms with Gasteiger partial charge in [0.05, 0.1) is 5.69 Å². The van der Waals surface area contributed by atoms with E-state index in [2.05, 4.69) is 20.9 Å². The van der Waals surface area contributed by atoms with Crippen LogP contribution >= 0.6 is 24.0 Å². The summed E-state index contributed by atoms with van der Waals surface area (Å²) in [5.41, 5.74) is 0.422. The number of amides is 1. The first-order chi connectivity index (χ1) is 13.0. The molecule has 1 atom stereocenters. The number of nitrogens with zero attached hydrogens (tertiary/aromatic N) is 2. The summed E-state index contributed by atoms with van der Waals surface area (Å²) in [4.78, 5) is 17.8. The number of benzene rings is 1. The molecule has 1 aromatic rings. The minimum Gasteiger partial charge on any atom is -0.367 e. The van der Waals surface area contributed by atoms with Crippen molar-refractivity contribution in [2.75, 3.05) is 31.6 Å². The normalized spacial score (nSPS) is 19.2. The zero-order valence-electron chi connectivity index (χ0n) is 16.0. The average Bonchev–Trinajstić information content (AvgIpc) is 3.33. The molecule has 3 N–H and O–H groups in total. The molecule has 1 saturated carbocycles. The summed E-state index contributed by atoms with van der Waals surface area (Å²) in [6.07, 6.45) is 4.27. The van der Waals surface area contributed by atoms with Crippen molar-refractivity contribution in [3.05, 3.63) is 29.8 Å². The molecule has 1 aliphatic heterocycles. The summed E-state index contributed by atoms with van der Waals surface area (Å²) < 4.78 is 27.0. The van der Waals surface area contributed by atoms with E-state index in [0.29, 0.717) is 43.7 Å². The molecule has 1 aromatic carbocycles. The molecule has 3 rings (SSSR count). The van der Waals surface area contributed by atoms with Crippen LogP contribution in [0.25, 0.3) is 0 Å². The van der Waals surface area contributed by atoms with Crippen molar-refractivity contribution in [1.29, 1.82) is 0 Å². The third-order valence-corrected chi connectivity index (χ3v) is 4.82. The second kappa shape index (κ2) is 10.8. The predicted octanol–water partition coefficient (Wildman–Crippen LogP) is 2.39. The lowest BCUT2D eigenvalue weighted by Gasteiger charge is -2.21. The number of hydrogen-bond donors (Lipinski definition) is 3. The summed E-state index contributed by atoms with van der Waals surface area (Å²) in [5, 5.41) is 9.51. The van der Waals surface area contributed by atoms with Gasteiger partial charge in [-0.25, -0.2) is 8.78 Å². The number of anilines is 1. The van der Waals surface area contributed by atoms with E-state index in [0.717, 1.165) is 31.7 Å². The molecular formula is C19H28F2IN5O. The van der Waals surface area contributed by atoms with Gasteiger partial charge in [0.2, 0.25) is 5.91 Å². The van der Waals surface area contributed by atoms with E-state index in [9.17, 15) is 13.6 Å². The predicted molar refractivity (Wildman–Crippen MR) is 117 cm³/mol. The number of hydrogen-bond acceptors (Lipinski definition) is 3. The molecule has 1 amide bonds. The molecule has 2 fully saturated rings. The Labute approximate surface area is 181 Å². The number of halogens is 3. The van der Waals surface area contributed by atoms with Gasteiger partial charge in [-0.05, 0) is 37.8 Å². The van der Waals surface area contributed by atoms with Gasteiger partial charge in [0.15, 0.2) is 5.96 Å². The highest BCUT2D eigenvalue weighted by atomic mass is 127. The van der Waals surface area contributed by atoms with Gasteiger partial charge in [-0.3, -0.25) is 9.79 Å². The summed E-state index contributed by atoms with van der Waals surface area (Å²) in [5.74, 6) is -0.331. The van der Waals surface area contributed by atoms with Gasteiger partial charge >= 0.3 is 0 Å². The van der Waals surface area contributed by atoms with Crippen molar-refractivity contribution in [1.82, 2.24) is 16.0 Å². The molecule has 156 valence electrons. The zero-order valence-corrected chi connectivity index (χ0v) is 18.3. The molecule has 1 heterocycles. The largest absolute Gasteiger partial charge is 0.367 e. The van der Waals surface area contributed by atoms with Crippen molar-refractivity contribution in [3.63, 3.8) is 0 Å². The molecule has 1 saturated heterocycles. The standard InChI is InChI=1S/C19H27F2N5O.HI/c1-22-19(23-9-2-3-18(27)24-14-5-6-14)25-15-8-10-26(12-15)17-7-4-13(20)11-16(17)21;/h4,7,11,14-15H,2-3,5-6,8-10,12H2,1H3,(H,24,27)(H2,22,23,25);1H. The summed E-state index contributed by atoms with van der Waals surface area (Å²) >= 11 is 0. The minimum atomic E-state index is -0.569. The average molecular weight is 507 g/mol. The van der Waals surface area contributed by atoms with Gasteiger partial charge in [0.25, 0.3) is 0 Å². The van der Waals surface area contributed by atoms with Crippen LogP contribution in [0.15, 0.2) is 23.2 Å². The molecule has 0 bridgehead atoms. The van der Waals surface area contributed by atoms with Crippen LogP contribution in [0, 0.1) is 11.6 Å². The molecule has 28 heavy (non-hydrogen) atoms. The number of rotatable bonds is 7. The lowest BCUT2D eigenvalue weighted by Crippen LogP contribution is -2.45. The highest BCUT2D eigenvalue weighted by Gasteiger charge is 2.25. The smallest absolute Gasteiger partial charge is 0.220 e. The first-order valence-electron chi connectivity index (χ1n) is 9.51. The van der Waals surface area contributed by atoms with Crippen molar-refractivity contribution in [2.24, 2.45) is 4.99 Å². The Kier molecular flexibility index (Phi) is 8.71. The molecular weight excluding hydrogens is 479 g/mol. The molecule has 9 heteroatoms. The Morgan fingerprint density at radius 2 is 2.00 bits per heavy atom. The van der Waals surface area contributed by atoms with E-state index >= 15 is 0 Å². The molecule has 0 spiro atoms. The quantitative estimate of drug-likeness (QED) is 0.230. The molecule has 2 aliphatic rings. The Morgan fingerprint density at radius 3 is 2.68 bits per heavy atom. The molecule has 6 nitrogen and oxygen atoms in total. The lowest BCUT2D eigenvalue weighted by atomic mass is 10.2. The number of carbonyl (C=O) groups excluding carboxylic acids is 1. The number of nitrogens with one attached hydrogen (secondary N) is 3. The van der Waals surface area contributed by atoms with E-state index in [1.807, 2.05) is 4.90 Å². The van der Waals surface area contributed by atoms with Crippen molar-refractivity contribution < 1.29 is 13.6 Å². The number of aliphatic imine (C=N–C) groups is 1. The second-order valence-corrected chi connectivity index (χ2v) is 7.12. The van der Waals surface area contributed by atoms with Crippen LogP contribution in [0.3, 0.4) is 0 Å². The van der Waals surface area contributed by atoms with Crippen LogP contribution in [-0.4, -0.2) is 50.6 Å².